The van der Waals surface area contributed by atoms with E-state index in [9.17, 15) is 4.79 Å². The molecule has 1 aromatic carbocycles. The van der Waals surface area contributed by atoms with Gasteiger partial charge in [-0.15, -0.1) is 0 Å². The molecule has 0 aromatic heterocycles. The summed E-state index contributed by atoms with van der Waals surface area (Å²) in [5.74, 6) is 0.182. The zero-order valence-electron chi connectivity index (χ0n) is 13.6. The number of anilines is 2. The molecule has 0 radical (unpaired) electrons. The Bertz CT molecular complexity index is 596. The summed E-state index contributed by atoms with van der Waals surface area (Å²) in [5, 5.41) is 3.31. The van der Waals surface area contributed by atoms with Crippen LogP contribution in [0.5, 0.6) is 0 Å². The Balaban J connectivity index is 1.54. The van der Waals surface area contributed by atoms with E-state index in [0.29, 0.717) is 6.54 Å². The van der Waals surface area contributed by atoms with Gasteiger partial charge in [-0.25, -0.2) is 0 Å². The van der Waals surface area contributed by atoms with Crippen LogP contribution in [0.15, 0.2) is 12.1 Å². The Morgan fingerprint density at radius 1 is 1.04 bits per heavy atom. The highest BCUT2D eigenvalue weighted by Gasteiger charge is 2.26. The second-order valence-electron chi connectivity index (χ2n) is 6.70. The molecule has 2 heterocycles. The summed E-state index contributed by atoms with van der Waals surface area (Å²) in [7, 11) is 0. The average Bonchev–Trinajstić information content (AvgIpc) is 2.60. The SMILES string of the molecule is O=C1CNc2cc3c(cc2N1CCN1CCOCC1)CCCC3. The second-order valence-corrected chi connectivity index (χ2v) is 6.70. The van der Waals surface area contributed by atoms with E-state index in [4.69, 9.17) is 4.74 Å². The lowest BCUT2D eigenvalue weighted by Crippen LogP contribution is -2.46. The topological polar surface area (TPSA) is 44.8 Å². The van der Waals surface area contributed by atoms with E-state index in [1.54, 1.807) is 0 Å². The first-order valence-corrected chi connectivity index (χ1v) is 8.81. The van der Waals surface area contributed by atoms with E-state index in [1.165, 1.54) is 30.4 Å². The molecule has 4 rings (SSSR count). The van der Waals surface area contributed by atoms with Crippen LogP contribution in [0, 0.1) is 0 Å². The number of hydrogen-bond acceptors (Lipinski definition) is 4. The summed E-state index contributed by atoms with van der Waals surface area (Å²) < 4.78 is 5.40. The minimum absolute atomic E-state index is 0.182. The van der Waals surface area contributed by atoms with Crippen molar-refractivity contribution in [3.05, 3.63) is 23.3 Å². The van der Waals surface area contributed by atoms with Gasteiger partial charge in [0.2, 0.25) is 5.91 Å². The molecule has 5 nitrogen and oxygen atoms in total. The number of nitrogens with zero attached hydrogens (tertiary/aromatic N) is 2. The van der Waals surface area contributed by atoms with Gasteiger partial charge in [0.1, 0.15) is 0 Å². The fourth-order valence-electron chi connectivity index (χ4n) is 3.85. The van der Waals surface area contributed by atoms with Crippen LogP contribution in [0.4, 0.5) is 11.4 Å². The molecule has 0 spiro atoms. The van der Waals surface area contributed by atoms with Crippen molar-refractivity contribution < 1.29 is 9.53 Å². The minimum Gasteiger partial charge on any atom is -0.379 e. The summed E-state index contributed by atoms with van der Waals surface area (Å²) in [5.41, 5.74) is 5.11. The van der Waals surface area contributed by atoms with Crippen LogP contribution in [-0.4, -0.2) is 56.7 Å². The number of hydrogen-bond donors (Lipinski definition) is 1. The van der Waals surface area contributed by atoms with E-state index < -0.39 is 0 Å². The molecule has 0 atom stereocenters. The van der Waals surface area contributed by atoms with Gasteiger partial charge in [-0.2, -0.15) is 0 Å². The minimum atomic E-state index is 0.182. The third-order valence-electron chi connectivity index (χ3n) is 5.23. The highest BCUT2D eigenvalue weighted by Crippen LogP contribution is 2.35. The van der Waals surface area contributed by atoms with Gasteiger partial charge in [0.15, 0.2) is 0 Å². The van der Waals surface area contributed by atoms with Crippen molar-refractivity contribution in [1.82, 2.24) is 4.90 Å². The Hall–Kier alpha value is -1.59. The molecule has 3 aliphatic rings. The van der Waals surface area contributed by atoms with Gasteiger partial charge in [-0.3, -0.25) is 9.69 Å². The van der Waals surface area contributed by atoms with Gasteiger partial charge >= 0.3 is 0 Å². The molecule has 0 unspecified atom stereocenters. The molecular formula is C18H25N3O2. The Morgan fingerprint density at radius 2 is 1.78 bits per heavy atom. The van der Waals surface area contributed by atoms with E-state index in [0.717, 1.165) is 57.2 Å². The molecule has 0 saturated carbocycles. The number of morpholine rings is 1. The predicted octanol–water partition coefficient (Wildman–Crippen LogP) is 1.66. The zero-order valence-corrected chi connectivity index (χ0v) is 13.6. The molecule has 1 aliphatic carbocycles. The molecule has 1 amide bonds. The number of fused-ring (bicyclic) bond motifs is 2. The molecule has 124 valence electrons. The monoisotopic (exact) mass is 315 g/mol. The maximum atomic E-state index is 12.4. The lowest BCUT2D eigenvalue weighted by atomic mass is 9.90. The van der Waals surface area contributed by atoms with Gasteiger partial charge < -0.3 is 15.0 Å². The van der Waals surface area contributed by atoms with E-state index >= 15 is 0 Å². The summed E-state index contributed by atoms with van der Waals surface area (Å²) in [6.45, 7) is 5.65. The van der Waals surface area contributed by atoms with Crippen molar-refractivity contribution in [2.45, 2.75) is 25.7 Å². The smallest absolute Gasteiger partial charge is 0.246 e. The molecule has 1 fully saturated rings. The maximum absolute atomic E-state index is 12.4. The molecule has 2 aliphatic heterocycles. The first kappa shape index (κ1) is 15.0. The van der Waals surface area contributed by atoms with E-state index in [2.05, 4.69) is 22.3 Å². The third kappa shape index (κ3) is 3.08. The highest BCUT2D eigenvalue weighted by atomic mass is 16.5. The standard InChI is InChI=1S/C18H25N3O2/c22-18-13-19-16-11-14-3-1-2-4-15(14)12-17(16)21(18)6-5-20-7-9-23-10-8-20/h11-12,19H,1-10,13H2. The average molecular weight is 315 g/mol. The van der Waals surface area contributed by atoms with Crippen molar-refractivity contribution in [2.24, 2.45) is 0 Å². The molecule has 23 heavy (non-hydrogen) atoms. The number of benzene rings is 1. The maximum Gasteiger partial charge on any atom is 0.246 e. The van der Waals surface area contributed by atoms with Crippen LogP contribution in [-0.2, 0) is 22.4 Å². The van der Waals surface area contributed by atoms with Crippen LogP contribution >= 0.6 is 0 Å². The number of carbonyl (C=O) groups excluding carboxylic acids is 1. The summed E-state index contributed by atoms with van der Waals surface area (Å²) in [4.78, 5) is 16.8. The Morgan fingerprint density at radius 3 is 2.57 bits per heavy atom. The summed E-state index contributed by atoms with van der Waals surface area (Å²) in [6.07, 6.45) is 4.87. The van der Waals surface area contributed by atoms with Crippen LogP contribution < -0.4 is 10.2 Å². The van der Waals surface area contributed by atoms with Gasteiger partial charge in [0, 0.05) is 26.2 Å². The van der Waals surface area contributed by atoms with Crippen molar-refractivity contribution in [3.63, 3.8) is 0 Å². The van der Waals surface area contributed by atoms with Gasteiger partial charge in [-0.05, 0) is 48.9 Å². The molecule has 0 bridgehead atoms. The van der Waals surface area contributed by atoms with Crippen LogP contribution in [0.1, 0.15) is 24.0 Å². The quantitative estimate of drug-likeness (QED) is 0.921. The predicted molar refractivity (Wildman–Crippen MR) is 91.2 cm³/mol. The van der Waals surface area contributed by atoms with Crippen molar-refractivity contribution in [1.29, 1.82) is 0 Å². The number of amides is 1. The van der Waals surface area contributed by atoms with Gasteiger partial charge in [0.25, 0.3) is 0 Å². The third-order valence-corrected chi connectivity index (χ3v) is 5.23. The lowest BCUT2D eigenvalue weighted by molar-refractivity contribution is -0.117. The van der Waals surface area contributed by atoms with Crippen molar-refractivity contribution in [2.75, 3.05) is 56.2 Å². The molecule has 5 heteroatoms. The van der Waals surface area contributed by atoms with Crippen molar-refractivity contribution >= 4 is 17.3 Å². The molecule has 1 N–H and O–H groups in total. The van der Waals surface area contributed by atoms with E-state index in [-0.39, 0.29) is 5.91 Å². The first-order valence-electron chi connectivity index (χ1n) is 8.81. The summed E-state index contributed by atoms with van der Waals surface area (Å²) in [6, 6.07) is 4.53. The summed E-state index contributed by atoms with van der Waals surface area (Å²) >= 11 is 0. The van der Waals surface area contributed by atoms with E-state index in [1.807, 2.05) is 4.90 Å². The van der Waals surface area contributed by atoms with Gasteiger partial charge in [0.05, 0.1) is 31.1 Å². The number of ether oxygens (including phenoxy) is 1. The lowest BCUT2D eigenvalue weighted by Gasteiger charge is -2.34. The number of aryl methyl sites for hydroxylation is 2. The molecular weight excluding hydrogens is 290 g/mol. The van der Waals surface area contributed by atoms with Crippen LogP contribution in [0.25, 0.3) is 0 Å². The number of carbonyl (C=O) groups is 1. The van der Waals surface area contributed by atoms with Crippen molar-refractivity contribution in [3.8, 4) is 0 Å². The highest BCUT2D eigenvalue weighted by molar-refractivity contribution is 6.02. The fraction of sp³-hybridized carbons (Fsp3) is 0.611. The molecule has 1 aromatic rings. The number of nitrogens with one attached hydrogen (secondary N) is 1. The zero-order chi connectivity index (χ0) is 15.6. The van der Waals surface area contributed by atoms with Gasteiger partial charge in [-0.1, -0.05) is 0 Å². The number of rotatable bonds is 3. The normalized spacial score (nSPS) is 21.6. The fourth-order valence-corrected chi connectivity index (χ4v) is 3.85. The van der Waals surface area contributed by atoms with Crippen LogP contribution in [0.2, 0.25) is 0 Å². The Labute approximate surface area is 137 Å². The molecule has 1 saturated heterocycles. The van der Waals surface area contributed by atoms with Crippen LogP contribution in [0.3, 0.4) is 0 Å². The Kier molecular flexibility index (Phi) is 4.23. The second kappa shape index (κ2) is 6.49. The largest absolute Gasteiger partial charge is 0.379 e. The first-order chi connectivity index (χ1) is 11.3.